The van der Waals surface area contributed by atoms with Gasteiger partial charge in [-0.05, 0) is 139 Å². The predicted octanol–water partition coefficient (Wildman–Crippen LogP) is 5.93. The summed E-state index contributed by atoms with van der Waals surface area (Å²) in [5, 5.41) is 25.7. The van der Waals surface area contributed by atoms with Crippen molar-refractivity contribution in [2.45, 2.75) is 196 Å². The number of carbonyl (C=O) groups is 7. The van der Waals surface area contributed by atoms with Crippen LogP contribution < -0.4 is 0 Å². The number of quaternary nitrogens is 3. The summed E-state index contributed by atoms with van der Waals surface area (Å²) in [6, 6.07) is 1.12. The zero-order valence-corrected chi connectivity index (χ0v) is 55.6. The number of hydrogen-bond donors (Lipinski definition) is 3. The lowest BCUT2D eigenvalue weighted by molar-refractivity contribution is -0.852. The molecular weight excluding hydrogens is 1140 g/mol. The van der Waals surface area contributed by atoms with E-state index in [1.807, 2.05) is 25.9 Å². The molecule has 0 aromatic carbocycles. The van der Waals surface area contributed by atoms with E-state index in [-0.39, 0.29) is 84.9 Å². The van der Waals surface area contributed by atoms with E-state index in [1.165, 1.54) is 25.7 Å². The molecule has 6 bridgehead atoms. The van der Waals surface area contributed by atoms with Crippen LogP contribution in [0.1, 0.15) is 154 Å². The molecule has 26 heteroatoms. The summed E-state index contributed by atoms with van der Waals surface area (Å²) >= 11 is 0. The molecule has 13 aliphatic carbocycles. The Morgan fingerprint density at radius 2 is 0.798 bits per heavy atom. The number of carboxylic acid groups (broad SMARTS) is 1. The van der Waals surface area contributed by atoms with E-state index in [0.29, 0.717) is 139 Å². The van der Waals surface area contributed by atoms with Crippen molar-refractivity contribution in [3.8, 4) is 0 Å². The molecule has 19 fully saturated rings. The summed E-state index contributed by atoms with van der Waals surface area (Å²) in [5.74, 6) is 7.10. The number of fused-ring (bicyclic) bond motifs is 11. The Balaban J connectivity index is 0.000000118. The van der Waals surface area contributed by atoms with Crippen LogP contribution in [-0.4, -0.2) is 186 Å². The average molecular weight is 1250 g/mol. The summed E-state index contributed by atoms with van der Waals surface area (Å²) in [6.45, 7) is 26.4. The first-order valence-electron chi connectivity index (χ1n) is 34.0. The molecule has 13 saturated carbocycles. The van der Waals surface area contributed by atoms with Crippen molar-refractivity contribution in [2.75, 3.05) is 59.9 Å². The van der Waals surface area contributed by atoms with Gasteiger partial charge in [-0.2, -0.15) is 9.59 Å². The van der Waals surface area contributed by atoms with Gasteiger partial charge in [0.25, 0.3) is 0 Å². The molecule has 3 N–H and O–H groups in total. The highest BCUT2D eigenvalue weighted by Gasteiger charge is 2.80. The van der Waals surface area contributed by atoms with Gasteiger partial charge >= 0.3 is 75.1 Å². The van der Waals surface area contributed by atoms with E-state index >= 15 is 0 Å². The Labute approximate surface area is 526 Å². The van der Waals surface area contributed by atoms with E-state index in [2.05, 4.69) is 83.1 Å². The molecule has 20 atom stereocenters. The zero-order chi connectivity index (χ0) is 65.2. The lowest BCUT2D eigenvalue weighted by Gasteiger charge is -2.66. The predicted molar refractivity (Wildman–Crippen MR) is 324 cm³/mol. The fourth-order valence-electron chi connectivity index (χ4n) is 22.6. The van der Waals surface area contributed by atoms with Crippen LogP contribution in [0.2, 0.25) is 23.3 Å². The Morgan fingerprint density at radius 1 is 0.506 bits per heavy atom. The highest BCUT2D eigenvalue weighted by atomic mass is 16.7. The molecule has 0 radical (unpaired) electrons. The number of carboxylic acids is 1. The molecule has 22 nitrogen and oxygen atoms in total. The van der Waals surface area contributed by atoms with Gasteiger partial charge in [0.15, 0.2) is 0 Å². The maximum absolute atomic E-state index is 12.4. The van der Waals surface area contributed by atoms with Crippen molar-refractivity contribution in [1.29, 1.82) is 0 Å². The van der Waals surface area contributed by atoms with Crippen LogP contribution in [-0.2, 0) is 71.1 Å². The monoisotopic (exact) mass is 1250 g/mol. The van der Waals surface area contributed by atoms with Gasteiger partial charge in [-0.15, -0.1) is 0 Å². The van der Waals surface area contributed by atoms with Crippen LogP contribution in [0.4, 0.5) is 0 Å². The van der Waals surface area contributed by atoms with Crippen LogP contribution in [0.3, 0.4) is 0 Å². The molecular formula is C63H102B4N4O18. The maximum atomic E-state index is 12.4. The zero-order valence-electron chi connectivity index (χ0n) is 55.6. The summed E-state index contributed by atoms with van der Waals surface area (Å²) in [4.78, 5) is 101. The van der Waals surface area contributed by atoms with Crippen molar-refractivity contribution in [2.24, 2.45) is 93.2 Å². The summed E-state index contributed by atoms with van der Waals surface area (Å²) in [6.07, 6.45) is 11.6. The molecule has 6 aliphatic heterocycles. The Hall–Kier alpha value is -4.31. The summed E-state index contributed by atoms with van der Waals surface area (Å²) in [5.41, 5.74) is 1.28. The standard InChI is InChI=1S/2C18H28BNO4.C13H23NO2.C9H14BNO4.C4H9BO2.CO2/c2*1-10-5-14(10)19-20(8-16(21)23-19,9-17(22)24-19)15-7-12-6-13(11(15)2)18(12,3)4;1-8-10-5-9(13(10,2)3)6-11(8)14(4)7-12(15)16;1-6-3-7(6)10-11(2,4-8(12)14-10)5-9(13)15-10;1-3-2-4(3)5(6)7;2-1-3/h2*10-15H,5-9H2,1-4H3;8-11H,5-7H2,1-4H3,(H,15,16);6-7H,3-5H2,1-2H3;3-4,6-7H,2H2,1H3;/t10-,11+,12?,13?,14-,15+,19?,20?;10-,11-,12?,13?,14-,15-,19?,20?;8-,9?,10?,11-;6-,7-,10?,11?;3-,4-;/m10011./s1. The van der Waals surface area contributed by atoms with Crippen molar-refractivity contribution in [1.82, 2.24) is 4.90 Å². The summed E-state index contributed by atoms with van der Waals surface area (Å²) in [7, 11) is 2.78. The first-order chi connectivity index (χ1) is 41.4. The minimum Gasteiger partial charge on any atom is -0.600 e. The van der Waals surface area contributed by atoms with Crippen LogP contribution in [0.25, 0.3) is 0 Å². The van der Waals surface area contributed by atoms with Crippen LogP contribution in [0.5, 0.6) is 0 Å². The van der Waals surface area contributed by atoms with E-state index in [1.54, 1.807) is 0 Å². The second kappa shape index (κ2) is 22.2. The van der Waals surface area contributed by atoms with Gasteiger partial charge in [0.05, 0.1) is 18.6 Å². The fraction of sp³-hybridized carbons (Fsp3) is 0.873. The quantitative estimate of drug-likeness (QED) is 0.226. The van der Waals surface area contributed by atoms with Gasteiger partial charge in [-0.25, -0.2) is 0 Å². The van der Waals surface area contributed by atoms with Gasteiger partial charge in [0.2, 0.25) is 0 Å². The fourth-order valence-corrected chi connectivity index (χ4v) is 22.6. The number of aliphatic carboxylic acids is 1. The number of likely N-dealkylation sites (N-methyl/N-ethyl adjacent to an activating group) is 2. The van der Waals surface area contributed by atoms with Crippen LogP contribution in [0, 0.1) is 93.2 Å². The Bertz CT molecular complexity index is 2770. The van der Waals surface area contributed by atoms with Gasteiger partial charge in [-0.3, -0.25) is 38.5 Å². The first-order valence-corrected chi connectivity index (χ1v) is 34.0. The lowest BCUT2D eigenvalue weighted by Crippen LogP contribution is -2.73. The van der Waals surface area contributed by atoms with E-state index in [9.17, 15) is 33.6 Å². The molecule has 6 saturated heterocycles. The van der Waals surface area contributed by atoms with Crippen molar-refractivity contribution < 1.29 is 99.4 Å². The van der Waals surface area contributed by atoms with Crippen molar-refractivity contribution >= 4 is 75.1 Å². The molecule has 0 aromatic heterocycles. The second-order valence-electron chi connectivity index (χ2n) is 34.1. The first kappa shape index (κ1) is 66.2. The minimum absolute atomic E-state index is 0.160. The molecule has 494 valence electrons. The van der Waals surface area contributed by atoms with Gasteiger partial charge in [-0.1, -0.05) is 127 Å². The largest absolute Gasteiger partial charge is 0.600 e. The molecule has 6 unspecified atom stereocenters. The van der Waals surface area contributed by atoms with E-state index in [4.69, 9.17) is 52.7 Å². The molecule has 6 heterocycles. The maximum Gasteiger partial charge on any atom is 0.587 e. The van der Waals surface area contributed by atoms with Gasteiger partial charge in [0, 0.05) is 24.9 Å². The Kier molecular flexibility index (Phi) is 16.5. The normalized spacial score (nSPS) is 50.0. The third-order valence-corrected chi connectivity index (χ3v) is 28.7. The highest BCUT2D eigenvalue weighted by molar-refractivity contribution is 6.69. The number of hydrogen-bond acceptors (Lipinski definition) is 18. The third-order valence-electron chi connectivity index (χ3n) is 28.7. The molecule has 19 rings (SSSR count). The lowest BCUT2D eigenvalue weighted by atomic mass is 9.43. The van der Waals surface area contributed by atoms with Crippen LogP contribution in [0.15, 0.2) is 0 Å². The second-order valence-corrected chi connectivity index (χ2v) is 34.1. The summed E-state index contributed by atoms with van der Waals surface area (Å²) < 4.78 is 35.7. The van der Waals surface area contributed by atoms with Crippen molar-refractivity contribution in [3.63, 3.8) is 0 Å². The van der Waals surface area contributed by atoms with E-state index in [0.717, 1.165) is 50.4 Å². The molecule has 0 aromatic rings. The average Bonchev–Trinajstić information content (AvgIpc) is 1.38. The van der Waals surface area contributed by atoms with Crippen molar-refractivity contribution in [3.05, 3.63) is 0 Å². The van der Waals surface area contributed by atoms with Gasteiger partial charge < -0.3 is 56.3 Å². The highest BCUT2D eigenvalue weighted by Crippen LogP contribution is 2.69. The molecule has 19 aliphatic rings. The SMILES string of the molecule is C[C@@H]1C[C@H]1B(O)O.C[C@@H]1C[C@H]1[B-]12OC(=O)C[N+]1(C)CC(=O)O2.C[C@@H]1C[C@H]1[B-]12OC(=O)C[N+]1([C@H]1CC3CC([C@@H]1C)C3(C)C)CC(=O)O2.C[C@H]1C2CC(C[C@@H]1N(C)CC(=O)O)C2(C)C.C[C@H]1C[C@@H]1[B-]12OC(=O)C[N+]1([C@H]1CC3CC([C@@H]1C)C3(C)C)CC(=O)O2.O=C=O. The smallest absolute Gasteiger partial charge is 0.587 e. The Morgan fingerprint density at radius 3 is 1.06 bits per heavy atom. The van der Waals surface area contributed by atoms with E-state index < -0.39 is 33.1 Å². The number of rotatable bonds is 9. The van der Waals surface area contributed by atoms with Crippen LogP contribution >= 0.6 is 0 Å². The minimum atomic E-state index is -1.84. The molecule has 89 heavy (non-hydrogen) atoms. The topological polar surface area (TPSA) is 273 Å². The number of nitrogens with zero attached hydrogens (tertiary/aromatic N) is 4. The van der Waals surface area contributed by atoms with Gasteiger partial charge in [0.1, 0.15) is 39.3 Å². The third kappa shape index (κ3) is 10.3. The molecule has 0 spiro atoms. The molecule has 0 amide bonds. The number of carbonyl (C=O) groups excluding carboxylic acids is 8.